The highest BCUT2D eigenvalue weighted by molar-refractivity contribution is 5.55. The maximum atomic E-state index is 5.69. The van der Waals surface area contributed by atoms with E-state index in [1.54, 1.807) is 0 Å². The molecule has 1 N–H and O–H groups in total. The molecule has 1 unspecified atom stereocenters. The van der Waals surface area contributed by atoms with Crippen LogP contribution in [-0.4, -0.2) is 19.3 Å². The van der Waals surface area contributed by atoms with E-state index >= 15 is 0 Å². The summed E-state index contributed by atoms with van der Waals surface area (Å²) in [5.41, 5.74) is 1.10. The number of hydrogen-bond acceptors (Lipinski definition) is 3. The Labute approximate surface area is 109 Å². The van der Waals surface area contributed by atoms with Gasteiger partial charge < -0.3 is 14.8 Å². The van der Waals surface area contributed by atoms with Crippen molar-refractivity contribution >= 4 is 5.69 Å². The van der Waals surface area contributed by atoms with Crippen molar-refractivity contribution in [3.63, 3.8) is 0 Å². The minimum atomic E-state index is 0.467. The zero-order valence-electron chi connectivity index (χ0n) is 11.5. The Morgan fingerprint density at radius 1 is 1.11 bits per heavy atom. The van der Waals surface area contributed by atoms with Gasteiger partial charge in [-0.25, -0.2) is 0 Å². The maximum Gasteiger partial charge on any atom is 0.163 e. The summed E-state index contributed by atoms with van der Waals surface area (Å²) in [4.78, 5) is 0. The molecular formula is C15H23NO2. The molecule has 1 aliphatic rings. The topological polar surface area (TPSA) is 30.5 Å². The number of hydrogen-bond donors (Lipinski definition) is 1. The van der Waals surface area contributed by atoms with E-state index in [0.29, 0.717) is 12.0 Å². The third-order valence-corrected chi connectivity index (χ3v) is 2.99. The first kappa shape index (κ1) is 13.1. The van der Waals surface area contributed by atoms with Crippen molar-refractivity contribution in [1.29, 1.82) is 0 Å². The van der Waals surface area contributed by atoms with Gasteiger partial charge >= 0.3 is 0 Å². The number of nitrogens with one attached hydrogen (secondary N) is 1. The van der Waals surface area contributed by atoms with Gasteiger partial charge in [0.25, 0.3) is 0 Å². The van der Waals surface area contributed by atoms with Crippen LogP contribution in [0.15, 0.2) is 18.2 Å². The standard InChI is InChI=1S/C15H23NO2/c1-11(2)9-12(3)16-13-5-6-14-15(10-13)18-8-4-7-17-14/h5-6,10-12,16H,4,7-9H2,1-3H3. The molecule has 0 aromatic heterocycles. The van der Waals surface area contributed by atoms with Gasteiger partial charge in [-0.05, 0) is 31.4 Å². The first-order chi connectivity index (χ1) is 8.65. The van der Waals surface area contributed by atoms with Crippen LogP contribution >= 0.6 is 0 Å². The highest BCUT2D eigenvalue weighted by Gasteiger charge is 2.12. The molecule has 0 saturated carbocycles. The van der Waals surface area contributed by atoms with Crippen molar-refractivity contribution in [1.82, 2.24) is 0 Å². The Morgan fingerprint density at radius 2 is 1.83 bits per heavy atom. The van der Waals surface area contributed by atoms with Gasteiger partial charge in [0.1, 0.15) is 0 Å². The third kappa shape index (κ3) is 3.56. The number of ether oxygens (including phenoxy) is 2. The zero-order chi connectivity index (χ0) is 13.0. The average molecular weight is 249 g/mol. The van der Waals surface area contributed by atoms with Crippen LogP contribution in [0.4, 0.5) is 5.69 Å². The molecule has 0 bridgehead atoms. The lowest BCUT2D eigenvalue weighted by molar-refractivity contribution is 0.297. The second-order valence-corrected chi connectivity index (χ2v) is 5.39. The van der Waals surface area contributed by atoms with Crippen molar-refractivity contribution in [2.45, 2.75) is 39.7 Å². The Bertz CT molecular complexity index is 390. The van der Waals surface area contributed by atoms with E-state index < -0.39 is 0 Å². The average Bonchev–Trinajstić information content (AvgIpc) is 2.52. The lowest BCUT2D eigenvalue weighted by atomic mass is 10.1. The van der Waals surface area contributed by atoms with Crippen LogP contribution in [0.3, 0.4) is 0 Å². The number of fused-ring (bicyclic) bond motifs is 1. The van der Waals surface area contributed by atoms with Crippen LogP contribution in [0.1, 0.15) is 33.6 Å². The molecule has 18 heavy (non-hydrogen) atoms. The summed E-state index contributed by atoms with van der Waals surface area (Å²) in [6.07, 6.45) is 2.11. The van der Waals surface area contributed by atoms with Gasteiger partial charge in [0, 0.05) is 24.2 Å². The fraction of sp³-hybridized carbons (Fsp3) is 0.600. The molecule has 1 atom stereocenters. The van der Waals surface area contributed by atoms with Gasteiger partial charge in [-0.3, -0.25) is 0 Å². The third-order valence-electron chi connectivity index (χ3n) is 2.99. The molecule has 1 aliphatic heterocycles. The lowest BCUT2D eigenvalue weighted by Gasteiger charge is -2.18. The predicted molar refractivity (Wildman–Crippen MR) is 74.6 cm³/mol. The molecule has 0 amide bonds. The molecular weight excluding hydrogens is 226 g/mol. The lowest BCUT2D eigenvalue weighted by Crippen LogP contribution is -2.17. The highest BCUT2D eigenvalue weighted by atomic mass is 16.5. The van der Waals surface area contributed by atoms with E-state index in [0.717, 1.165) is 43.2 Å². The fourth-order valence-electron chi connectivity index (χ4n) is 2.30. The molecule has 100 valence electrons. The Balaban J connectivity index is 2.03. The van der Waals surface area contributed by atoms with Crippen LogP contribution in [0.25, 0.3) is 0 Å². The van der Waals surface area contributed by atoms with Crippen molar-refractivity contribution in [3.8, 4) is 11.5 Å². The quantitative estimate of drug-likeness (QED) is 0.882. The van der Waals surface area contributed by atoms with Crippen molar-refractivity contribution in [3.05, 3.63) is 18.2 Å². The van der Waals surface area contributed by atoms with Gasteiger partial charge in [-0.1, -0.05) is 13.8 Å². The van der Waals surface area contributed by atoms with E-state index in [-0.39, 0.29) is 0 Å². The second-order valence-electron chi connectivity index (χ2n) is 5.39. The van der Waals surface area contributed by atoms with Crippen LogP contribution in [0.2, 0.25) is 0 Å². The van der Waals surface area contributed by atoms with E-state index in [2.05, 4.69) is 32.2 Å². The summed E-state index contributed by atoms with van der Waals surface area (Å²) in [5.74, 6) is 2.41. The van der Waals surface area contributed by atoms with E-state index in [1.807, 2.05) is 12.1 Å². The molecule has 0 aliphatic carbocycles. The summed E-state index contributed by atoms with van der Waals surface area (Å²) >= 11 is 0. The molecule has 0 fully saturated rings. The highest BCUT2D eigenvalue weighted by Crippen LogP contribution is 2.32. The largest absolute Gasteiger partial charge is 0.490 e. The molecule has 1 aromatic rings. The molecule has 0 saturated heterocycles. The number of benzene rings is 1. The van der Waals surface area contributed by atoms with Crippen LogP contribution in [0.5, 0.6) is 11.5 Å². The first-order valence-electron chi connectivity index (χ1n) is 6.81. The van der Waals surface area contributed by atoms with Gasteiger partial charge in [0.15, 0.2) is 11.5 Å². The second kappa shape index (κ2) is 5.98. The summed E-state index contributed by atoms with van der Waals surface area (Å²) in [7, 11) is 0. The van der Waals surface area contributed by atoms with Gasteiger partial charge in [-0.15, -0.1) is 0 Å². The molecule has 0 spiro atoms. The maximum absolute atomic E-state index is 5.69. The number of anilines is 1. The van der Waals surface area contributed by atoms with E-state index in [4.69, 9.17) is 9.47 Å². The monoisotopic (exact) mass is 249 g/mol. The summed E-state index contributed by atoms with van der Waals surface area (Å²) < 4.78 is 11.3. The smallest absolute Gasteiger partial charge is 0.163 e. The van der Waals surface area contributed by atoms with Crippen molar-refractivity contribution < 1.29 is 9.47 Å². The summed E-state index contributed by atoms with van der Waals surface area (Å²) in [6.45, 7) is 8.17. The minimum absolute atomic E-state index is 0.467. The Morgan fingerprint density at radius 3 is 2.56 bits per heavy atom. The molecule has 3 nitrogen and oxygen atoms in total. The Hall–Kier alpha value is -1.38. The van der Waals surface area contributed by atoms with Crippen molar-refractivity contribution in [2.24, 2.45) is 5.92 Å². The normalized spacial score (nSPS) is 16.2. The van der Waals surface area contributed by atoms with E-state index in [1.165, 1.54) is 0 Å². The molecule has 0 radical (unpaired) electrons. The predicted octanol–water partition coefficient (Wildman–Crippen LogP) is 3.69. The summed E-state index contributed by atoms with van der Waals surface area (Å²) in [6, 6.07) is 6.56. The van der Waals surface area contributed by atoms with Crippen LogP contribution in [-0.2, 0) is 0 Å². The molecule has 3 heteroatoms. The van der Waals surface area contributed by atoms with Gasteiger partial charge in [-0.2, -0.15) is 0 Å². The fourth-order valence-corrected chi connectivity index (χ4v) is 2.30. The molecule has 1 aromatic carbocycles. The van der Waals surface area contributed by atoms with Gasteiger partial charge in [0.2, 0.25) is 0 Å². The van der Waals surface area contributed by atoms with Crippen molar-refractivity contribution in [2.75, 3.05) is 18.5 Å². The first-order valence-corrected chi connectivity index (χ1v) is 6.81. The van der Waals surface area contributed by atoms with E-state index in [9.17, 15) is 0 Å². The minimum Gasteiger partial charge on any atom is -0.490 e. The van der Waals surface area contributed by atoms with Gasteiger partial charge in [0.05, 0.1) is 13.2 Å². The van der Waals surface area contributed by atoms with Crippen LogP contribution in [0, 0.1) is 5.92 Å². The molecule has 2 rings (SSSR count). The van der Waals surface area contributed by atoms with Crippen LogP contribution < -0.4 is 14.8 Å². The Kier molecular flexibility index (Phi) is 4.34. The summed E-state index contributed by atoms with van der Waals surface area (Å²) in [5, 5.41) is 3.51. The number of rotatable bonds is 4. The zero-order valence-corrected chi connectivity index (χ0v) is 11.5. The molecule has 1 heterocycles. The SMILES string of the molecule is CC(C)CC(C)Nc1ccc2c(c1)OCCCO2.